The van der Waals surface area contributed by atoms with Crippen LogP contribution < -0.4 is 5.32 Å². The molecule has 0 aromatic heterocycles. The molecule has 0 aliphatic heterocycles. The second-order valence-corrected chi connectivity index (χ2v) is 6.00. The molecule has 0 radical (unpaired) electrons. The molecule has 1 N–H and O–H groups in total. The summed E-state index contributed by atoms with van der Waals surface area (Å²) in [6.45, 7) is 10.5. The quantitative estimate of drug-likeness (QED) is 0.700. The third kappa shape index (κ3) is 4.14. The minimum absolute atomic E-state index is 0.637. The van der Waals surface area contributed by atoms with Gasteiger partial charge in [-0.25, -0.2) is 0 Å². The van der Waals surface area contributed by atoms with E-state index in [1.165, 1.54) is 45.1 Å². The third-order valence-corrected chi connectivity index (χ3v) is 3.94. The molecule has 1 atom stereocenters. The van der Waals surface area contributed by atoms with Crippen LogP contribution in [0.3, 0.4) is 0 Å². The smallest absolute Gasteiger partial charge is 0.00363 e. The van der Waals surface area contributed by atoms with Gasteiger partial charge in [-0.05, 0) is 43.9 Å². The second-order valence-electron chi connectivity index (χ2n) is 6.00. The van der Waals surface area contributed by atoms with Gasteiger partial charge in [-0.2, -0.15) is 0 Å². The molecule has 90 valence electrons. The van der Waals surface area contributed by atoms with E-state index in [0.29, 0.717) is 11.5 Å². The van der Waals surface area contributed by atoms with Gasteiger partial charge in [-0.3, -0.25) is 0 Å². The van der Waals surface area contributed by atoms with Gasteiger partial charge in [-0.15, -0.1) is 0 Å². The molecule has 1 nitrogen and oxygen atoms in total. The van der Waals surface area contributed by atoms with Gasteiger partial charge in [0.2, 0.25) is 0 Å². The molecule has 1 aliphatic carbocycles. The summed E-state index contributed by atoms with van der Waals surface area (Å²) in [4.78, 5) is 0. The van der Waals surface area contributed by atoms with E-state index >= 15 is 0 Å². The molecule has 0 spiro atoms. The van der Waals surface area contributed by atoms with E-state index in [1.807, 2.05) is 0 Å². The Balaban J connectivity index is 2.42. The van der Waals surface area contributed by atoms with Gasteiger partial charge in [0, 0.05) is 12.6 Å². The Labute approximate surface area is 96.0 Å². The van der Waals surface area contributed by atoms with Gasteiger partial charge >= 0.3 is 0 Å². The van der Waals surface area contributed by atoms with Crippen molar-refractivity contribution < 1.29 is 0 Å². The minimum atomic E-state index is 0.637. The minimum Gasteiger partial charge on any atom is -0.314 e. The zero-order valence-corrected chi connectivity index (χ0v) is 11.1. The lowest BCUT2D eigenvalue weighted by molar-refractivity contribution is 0.216. The highest BCUT2D eigenvalue weighted by atomic mass is 14.9. The molecule has 1 aliphatic rings. The average Bonchev–Trinajstić information content (AvgIpc) is 2.62. The number of hydrogen-bond donors (Lipinski definition) is 1. The predicted molar refractivity (Wildman–Crippen MR) is 68.1 cm³/mol. The van der Waals surface area contributed by atoms with Crippen LogP contribution in [0.2, 0.25) is 0 Å². The fourth-order valence-electron chi connectivity index (χ4n) is 2.98. The van der Waals surface area contributed by atoms with Crippen molar-refractivity contribution in [2.45, 2.75) is 72.3 Å². The monoisotopic (exact) mass is 211 g/mol. The summed E-state index contributed by atoms with van der Waals surface area (Å²) in [6.07, 6.45) is 8.47. The molecule has 0 aromatic carbocycles. The topological polar surface area (TPSA) is 12.0 Å². The summed E-state index contributed by atoms with van der Waals surface area (Å²) in [5.41, 5.74) is 0.637. The van der Waals surface area contributed by atoms with E-state index < -0.39 is 0 Å². The highest BCUT2D eigenvalue weighted by molar-refractivity contribution is 4.88. The van der Waals surface area contributed by atoms with Gasteiger partial charge < -0.3 is 5.32 Å². The van der Waals surface area contributed by atoms with Gasteiger partial charge in [-0.1, -0.05) is 33.6 Å². The highest BCUT2D eigenvalue weighted by Gasteiger charge is 2.34. The van der Waals surface area contributed by atoms with Crippen molar-refractivity contribution in [3.63, 3.8) is 0 Å². The first kappa shape index (κ1) is 13.0. The summed E-state index contributed by atoms with van der Waals surface area (Å²) >= 11 is 0. The lowest BCUT2D eigenvalue weighted by Crippen LogP contribution is -2.37. The maximum absolute atomic E-state index is 3.72. The zero-order chi connectivity index (χ0) is 11.3. The first-order valence-corrected chi connectivity index (χ1v) is 6.81. The van der Waals surface area contributed by atoms with E-state index in [0.717, 1.165) is 5.92 Å². The van der Waals surface area contributed by atoms with Crippen LogP contribution in [0.25, 0.3) is 0 Å². The number of hydrogen-bond acceptors (Lipinski definition) is 1. The van der Waals surface area contributed by atoms with E-state index in [4.69, 9.17) is 0 Å². The van der Waals surface area contributed by atoms with Crippen molar-refractivity contribution in [2.75, 3.05) is 6.54 Å². The van der Waals surface area contributed by atoms with Crippen molar-refractivity contribution in [1.82, 2.24) is 5.32 Å². The first-order chi connectivity index (χ1) is 7.08. The third-order valence-electron chi connectivity index (χ3n) is 3.94. The summed E-state index contributed by atoms with van der Waals surface area (Å²) in [7, 11) is 0. The molecule has 0 aromatic rings. The largest absolute Gasteiger partial charge is 0.314 e. The maximum atomic E-state index is 3.72. The molecule has 1 saturated carbocycles. The molecule has 1 heteroatoms. The molecule has 0 heterocycles. The summed E-state index contributed by atoms with van der Waals surface area (Å²) in [6, 6.07) is 0.689. The number of nitrogens with one attached hydrogen (secondary N) is 1. The fourth-order valence-corrected chi connectivity index (χ4v) is 2.98. The molecular weight excluding hydrogens is 182 g/mol. The van der Waals surface area contributed by atoms with Crippen molar-refractivity contribution in [3.8, 4) is 0 Å². The Morgan fingerprint density at radius 2 is 1.73 bits per heavy atom. The average molecular weight is 211 g/mol. The van der Waals surface area contributed by atoms with Gasteiger partial charge in [0.1, 0.15) is 0 Å². The van der Waals surface area contributed by atoms with E-state index in [1.54, 1.807) is 0 Å². The molecule has 0 saturated heterocycles. The van der Waals surface area contributed by atoms with E-state index in [2.05, 4.69) is 33.0 Å². The molecule has 0 bridgehead atoms. The predicted octanol–water partition coefficient (Wildman–Crippen LogP) is 3.98. The number of rotatable bonds is 6. The zero-order valence-electron chi connectivity index (χ0n) is 11.1. The van der Waals surface area contributed by atoms with E-state index in [9.17, 15) is 0 Å². The van der Waals surface area contributed by atoms with E-state index in [-0.39, 0.29) is 0 Å². The molecule has 1 fully saturated rings. The Kier molecular flexibility index (Phi) is 5.11. The van der Waals surface area contributed by atoms with Crippen LogP contribution in [0.15, 0.2) is 0 Å². The molecule has 0 amide bonds. The Morgan fingerprint density at radius 3 is 2.20 bits per heavy atom. The standard InChI is InChI=1S/C14H29N/c1-5-13(4)15-11-14(10-12(2)3)8-6-7-9-14/h12-13,15H,5-11H2,1-4H3. The molecule has 15 heavy (non-hydrogen) atoms. The van der Waals surface area contributed by atoms with Crippen molar-refractivity contribution in [3.05, 3.63) is 0 Å². The Morgan fingerprint density at radius 1 is 1.13 bits per heavy atom. The summed E-state index contributed by atoms with van der Waals surface area (Å²) in [5.74, 6) is 0.849. The van der Waals surface area contributed by atoms with Crippen LogP contribution in [0, 0.1) is 11.3 Å². The lowest BCUT2D eigenvalue weighted by atomic mass is 9.78. The molecule has 1 unspecified atom stereocenters. The van der Waals surface area contributed by atoms with Gasteiger partial charge in [0.05, 0.1) is 0 Å². The SMILES string of the molecule is CCC(C)NCC1(CC(C)C)CCCC1. The second kappa shape index (κ2) is 5.89. The summed E-state index contributed by atoms with van der Waals surface area (Å²) in [5, 5.41) is 3.72. The Bertz CT molecular complexity index is 168. The Hall–Kier alpha value is -0.0400. The van der Waals surface area contributed by atoms with Crippen LogP contribution in [0.1, 0.15) is 66.2 Å². The fraction of sp³-hybridized carbons (Fsp3) is 1.00. The lowest BCUT2D eigenvalue weighted by Gasteiger charge is -2.32. The normalized spacial score (nSPS) is 22.2. The van der Waals surface area contributed by atoms with Crippen LogP contribution in [0.5, 0.6) is 0 Å². The summed E-state index contributed by atoms with van der Waals surface area (Å²) < 4.78 is 0. The maximum Gasteiger partial charge on any atom is 0.00363 e. The van der Waals surface area contributed by atoms with Crippen molar-refractivity contribution in [1.29, 1.82) is 0 Å². The van der Waals surface area contributed by atoms with Crippen LogP contribution in [0.4, 0.5) is 0 Å². The first-order valence-electron chi connectivity index (χ1n) is 6.81. The van der Waals surface area contributed by atoms with Crippen LogP contribution >= 0.6 is 0 Å². The molecular formula is C14H29N. The van der Waals surface area contributed by atoms with Crippen molar-refractivity contribution in [2.24, 2.45) is 11.3 Å². The van der Waals surface area contributed by atoms with Crippen LogP contribution in [-0.2, 0) is 0 Å². The molecule has 1 rings (SSSR count). The highest BCUT2D eigenvalue weighted by Crippen LogP contribution is 2.42. The van der Waals surface area contributed by atoms with Gasteiger partial charge in [0.15, 0.2) is 0 Å². The van der Waals surface area contributed by atoms with Gasteiger partial charge in [0.25, 0.3) is 0 Å². The van der Waals surface area contributed by atoms with Crippen LogP contribution in [-0.4, -0.2) is 12.6 Å². The van der Waals surface area contributed by atoms with Crippen molar-refractivity contribution >= 4 is 0 Å².